The summed E-state index contributed by atoms with van der Waals surface area (Å²) in [6, 6.07) is 7.52. The maximum atomic E-state index is 12.4. The van der Waals surface area contributed by atoms with Gasteiger partial charge in [0, 0.05) is 16.1 Å². The first-order valence-corrected chi connectivity index (χ1v) is 6.29. The van der Waals surface area contributed by atoms with E-state index in [1.807, 2.05) is 45.0 Å². The molecule has 1 heterocycles. The topological polar surface area (TPSA) is 43.1 Å². The minimum absolute atomic E-state index is 0.0744. The molecule has 0 amide bonds. The second-order valence-corrected chi connectivity index (χ2v) is 5.47. The number of rotatable bonds is 2. The first-order valence-electron chi connectivity index (χ1n) is 5.47. The lowest BCUT2D eigenvalue weighted by atomic mass is 10.0. The fraction of sp³-hybridized carbons (Fsp3) is 0.214. The third-order valence-corrected chi connectivity index (χ3v) is 4.02. The zero-order valence-electron chi connectivity index (χ0n) is 10.2. The Morgan fingerprint density at radius 3 is 2.53 bits per heavy atom. The fourth-order valence-electron chi connectivity index (χ4n) is 1.89. The Kier molecular flexibility index (Phi) is 3.03. The predicted octanol–water partition coefficient (Wildman–Crippen LogP) is 3.49. The summed E-state index contributed by atoms with van der Waals surface area (Å²) in [4.78, 5) is 14.4. The minimum atomic E-state index is 0.0744. The van der Waals surface area contributed by atoms with Gasteiger partial charge in [-0.2, -0.15) is 0 Å². The van der Waals surface area contributed by atoms with Crippen LogP contribution in [0.4, 0.5) is 5.69 Å². The largest absolute Gasteiger partial charge is 0.398 e. The van der Waals surface area contributed by atoms with E-state index in [-0.39, 0.29) is 5.78 Å². The lowest BCUT2D eigenvalue weighted by Gasteiger charge is -2.06. The molecule has 88 valence electrons. The molecule has 0 bridgehead atoms. The molecule has 0 unspecified atom stereocenters. The van der Waals surface area contributed by atoms with Crippen LogP contribution in [0.15, 0.2) is 24.3 Å². The average Bonchev–Trinajstić information content (AvgIpc) is 2.61. The van der Waals surface area contributed by atoms with E-state index < -0.39 is 0 Å². The van der Waals surface area contributed by atoms with Crippen LogP contribution in [0.2, 0.25) is 0 Å². The van der Waals surface area contributed by atoms with Gasteiger partial charge in [-0.25, -0.2) is 0 Å². The van der Waals surface area contributed by atoms with Crippen molar-refractivity contribution in [1.82, 2.24) is 0 Å². The van der Waals surface area contributed by atoms with Gasteiger partial charge < -0.3 is 5.73 Å². The van der Waals surface area contributed by atoms with E-state index in [0.717, 1.165) is 20.9 Å². The molecule has 0 fully saturated rings. The second kappa shape index (κ2) is 4.34. The van der Waals surface area contributed by atoms with Crippen molar-refractivity contribution in [1.29, 1.82) is 0 Å². The highest BCUT2D eigenvalue weighted by Crippen LogP contribution is 2.26. The molecule has 0 saturated heterocycles. The third-order valence-electron chi connectivity index (χ3n) is 2.87. The van der Waals surface area contributed by atoms with Gasteiger partial charge in [-0.1, -0.05) is 12.1 Å². The summed E-state index contributed by atoms with van der Waals surface area (Å²) >= 11 is 1.54. The summed E-state index contributed by atoms with van der Waals surface area (Å²) in [6.07, 6.45) is 0. The highest BCUT2D eigenvalue weighted by atomic mass is 32.1. The van der Waals surface area contributed by atoms with E-state index >= 15 is 0 Å². The van der Waals surface area contributed by atoms with Crippen LogP contribution in [0.1, 0.15) is 31.2 Å². The van der Waals surface area contributed by atoms with Crippen molar-refractivity contribution in [2.75, 3.05) is 5.73 Å². The molecule has 0 aliphatic carbocycles. The molecule has 3 heteroatoms. The molecule has 17 heavy (non-hydrogen) atoms. The molecule has 0 aliphatic heterocycles. The Balaban J connectivity index is 2.51. The van der Waals surface area contributed by atoms with Gasteiger partial charge in [0.2, 0.25) is 5.78 Å². The van der Waals surface area contributed by atoms with E-state index in [2.05, 4.69) is 0 Å². The van der Waals surface area contributed by atoms with Crippen molar-refractivity contribution < 1.29 is 4.79 Å². The predicted molar refractivity (Wildman–Crippen MR) is 72.8 cm³/mol. The normalized spacial score (nSPS) is 10.5. The summed E-state index contributed by atoms with van der Waals surface area (Å²) < 4.78 is 0. The monoisotopic (exact) mass is 245 g/mol. The number of benzene rings is 1. The number of hydrogen-bond acceptors (Lipinski definition) is 3. The van der Waals surface area contributed by atoms with Gasteiger partial charge in [-0.3, -0.25) is 4.79 Å². The van der Waals surface area contributed by atoms with Crippen molar-refractivity contribution in [3.05, 3.63) is 50.7 Å². The molecule has 2 rings (SSSR count). The summed E-state index contributed by atoms with van der Waals surface area (Å²) in [7, 11) is 0. The van der Waals surface area contributed by atoms with E-state index in [9.17, 15) is 4.79 Å². The van der Waals surface area contributed by atoms with E-state index in [0.29, 0.717) is 11.3 Å². The molecule has 2 aromatic rings. The minimum Gasteiger partial charge on any atom is -0.398 e. The maximum absolute atomic E-state index is 12.4. The molecular formula is C14H15NOS. The molecule has 1 aromatic carbocycles. The van der Waals surface area contributed by atoms with Crippen molar-refractivity contribution in [2.24, 2.45) is 0 Å². The standard InChI is InChI=1S/C14H15NOS/c1-8-7-9(2)17-14(8)13(16)11-5-4-6-12(15)10(11)3/h4-7H,15H2,1-3H3. The van der Waals surface area contributed by atoms with Crippen LogP contribution in [0.5, 0.6) is 0 Å². The highest BCUT2D eigenvalue weighted by molar-refractivity contribution is 7.14. The lowest BCUT2D eigenvalue weighted by molar-refractivity contribution is 0.104. The Labute approximate surface area is 105 Å². The second-order valence-electron chi connectivity index (χ2n) is 4.22. The Bertz CT molecular complexity index is 584. The number of nitrogen functional groups attached to an aromatic ring is 1. The van der Waals surface area contributed by atoms with E-state index in [1.54, 1.807) is 11.3 Å². The molecule has 0 spiro atoms. The van der Waals surface area contributed by atoms with Crippen molar-refractivity contribution >= 4 is 22.8 Å². The van der Waals surface area contributed by atoms with Crippen molar-refractivity contribution in [3.63, 3.8) is 0 Å². The summed E-state index contributed by atoms with van der Waals surface area (Å²) in [5.74, 6) is 0.0744. The highest BCUT2D eigenvalue weighted by Gasteiger charge is 2.17. The molecule has 1 aromatic heterocycles. The van der Waals surface area contributed by atoms with Gasteiger partial charge in [-0.05, 0) is 44.0 Å². The number of thiophene rings is 1. The Morgan fingerprint density at radius 1 is 1.24 bits per heavy atom. The molecule has 0 aliphatic rings. The van der Waals surface area contributed by atoms with Crippen LogP contribution in [-0.4, -0.2) is 5.78 Å². The van der Waals surface area contributed by atoms with E-state index in [4.69, 9.17) is 5.73 Å². The molecule has 2 nitrogen and oxygen atoms in total. The van der Waals surface area contributed by atoms with Gasteiger partial charge >= 0.3 is 0 Å². The van der Waals surface area contributed by atoms with Gasteiger partial charge in [0.05, 0.1) is 4.88 Å². The molecule has 0 saturated carbocycles. The first-order chi connectivity index (χ1) is 8.00. The number of aryl methyl sites for hydroxylation is 2. The number of ketones is 1. The van der Waals surface area contributed by atoms with Gasteiger partial charge in [0.25, 0.3) is 0 Å². The van der Waals surface area contributed by atoms with Crippen LogP contribution in [0.3, 0.4) is 0 Å². The zero-order chi connectivity index (χ0) is 12.6. The van der Waals surface area contributed by atoms with Crippen LogP contribution in [0.25, 0.3) is 0 Å². The average molecular weight is 245 g/mol. The number of nitrogens with two attached hydrogens (primary N) is 1. The number of carbonyl (C=O) groups is 1. The van der Waals surface area contributed by atoms with Gasteiger partial charge in [0.15, 0.2) is 0 Å². The first kappa shape index (κ1) is 11.9. The Hall–Kier alpha value is -1.61. The summed E-state index contributed by atoms with van der Waals surface area (Å²) in [5.41, 5.74) is 9.11. The summed E-state index contributed by atoms with van der Waals surface area (Å²) in [5, 5.41) is 0. The van der Waals surface area contributed by atoms with Crippen molar-refractivity contribution in [3.8, 4) is 0 Å². The quantitative estimate of drug-likeness (QED) is 0.650. The third kappa shape index (κ3) is 2.11. The van der Waals surface area contributed by atoms with Crippen LogP contribution in [-0.2, 0) is 0 Å². The van der Waals surface area contributed by atoms with Gasteiger partial charge in [0.1, 0.15) is 0 Å². The smallest absolute Gasteiger partial charge is 0.203 e. The van der Waals surface area contributed by atoms with E-state index in [1.165, 1.54) is 0 Å². The van der Waals surface area contributed by atoms with Crippen molar-refractivity contribution in [2.45, 2.75) is 20.8 Å². The summed E-state index contributed by atoms with van der Waals surface area (Å²) in [6.45, 7) is 5.87. The Morgan fingerprint density at radius 2 is 1.94 bits per heavy atom. The molecule has 2 N–H and O–H groups in total. The fourth-order valence-corrected chi connectivity index (χ4v) is 2.87. The van der Waals surface area contributed by atoms with Crippen LogP contribution in [0, 0.1) is 20.8 Å². The number of anilines is 1. The van der Waals surface area contributed by atoms with Crippen LogP contribution >= 0.6 is 11.3 Å². The number of hydrogen-bond donors (Lipinski definition) is 1. The van der Waals surface area contributed by atoms with Gasteiger partial charge in [-0.15, -0.1) is 11.3 Å². The van der Waals surface area contributed by atoms with Crippen LogP contribution < -0.4 is 5.73 Å². The number of carbonyl (C=O) groups excluding carboxylic acids is 1. The zero-order valence-corrected chi connectivity index (χ0v) is 11.0. The lowest BCUT2D eigenvalue weighted by Crippen LogP contribution is -2.05. The SMILES string of the molecule is Cc1cc(C)c(C(=O)c2cccc(N)c2C)s1. The maximum Gasteiger partial charge on any atom is 0.203 e. The molecule has 0 radical (unpaired) electrons. The molecule has 0 atom stereocenters. The molecular weight excluding hydrogens is 230 g/mol.